The first-order valence-corrected chi connectivity index (χ1v) is 7.04. The van der Waals surface area contributed by atoms with Crippen LogP contribution >= 0.6 is 0 Å². The lowest BCUT2D eigenvalue weighted by atomic mass is 10.0. The Hall–Kier alpha value is -2.05. The summed E-state index contributed by atoms with van der Waals surface area (Å²) in [7, 11) is 0. The van der Waals surface area contributed by atoms with E-state index in [-0.39, 0.29) is 6.04 Å². The average molecular weight is 267 g/mol. The van der Waals surface area contributed by atoms with Gasteiger partial charge in [-0.05, 0) is 24.5 Å². The molecule has 3 nitrogen and oxygen atoms in total. The van der Waals surface area contributed by atoms with Gasteiger partial charge in [0.25, 0.3) is 0 Å². The maximum absolute atomic E-state index is 9.18. The zero-order chi connectivity index (χ0) is 14.5. The van der Waals surface area contributed by atoms with Crippen LogP contribution in [0.15, 0.2) is 36.4 Å². The van der Waals surface area contributed by atoms with Crippen molar-refractivity contribution in [1.82, 2.24) is 0 Å². The third-order valence-electron chi connectivity index (χ3n) is 3.44. The van der Waals surface area contributed by atoms with Gasteiger partial charge in [0.1, 0.15) is 0 Å². The van der Waals surface area contributed by atoms with Gasteiger partial charge in [-0.2, -0.15) is 5.26 Å². The lowest BCUT2D eigenvalue weighted by molar-refractivity contribution is 0.522. The molecule has 0 bridgehead atoms. The summed E-state index contributed by atoms with van der Waals surface area (Å²) in [4.78, 5) is 0. The minimum absolute atomic E-state index is 0.256. The van der Waals surface area contributed by atoms with Crippen molar-refractivity contribution in [3.8, 4) is 6.07 Å². The quantitative estimate of drug-likeness (QED) is 0.871. The van der Waals surface area contributed by atoms with Crippen molar-refractivity contribution in [1.29, 1.82) is 5.26 Å². The normalized spacial score (nSPS) is 12.3. The van der Waals surface area contributed by atoms with Crippen LogP contribution in [0.25, 0.3) is 10.8 Å². The van der Waals surface area contributed by atoms with Crippen molar-refractivity contribution < 1.29 is 0 Å². The molecule has 1 unspecified atom stereocenters. The SMILES string of the molecule is CC(C)CC(CN)Nc1ccc(C#N)c2ccccc12. The topological polar surface area (TPSA) is 61.8 Å². The molecule has 2 aromatic carbocycles. The van der Waals surface area contributed by atoms with E-state index in [0.717, 1.165) is 22.9 Å². The molecule has 0 amide bonds. The molecule has 0 aliphatic carbocycles. The molecule has 1 atom stereocenters. The summed E-state index contributed by atoms with van der Waals surface area (Å²) in [5.74, 6) is 0.598. The van der Waals surface area contributed by atoms with Gasteiger partial charge in [0, 0.05) is 29.0 Å². The highest BCUT2D eigenvalue weighted by Crippen LogP contribution is 2.27. The van der Waals surface area contributed by atoms with Gasteiger partial charge in [0.15, 0.2) is 0 Å². The Morgan fingerprint density at radius 3 is 2.45 bits per heavy atom. The van der Waals surface area contributed by atoms with Crippen molar-refractivity contribution in [2.45, 2.75) is 26.3 Å². The highest BCUT2D eigenvalue weighted by Gasteiger charge is 2.11. The minimum atomic E-state index is 0.256. The Balaban J connectivity index is 2.38. The number of nitriles is 1. The van der Waals surface area contributed by atoms with Gasteiger partial charge in [0.05, 0.1) is 11.6 Å². The molecule has 3 N–H and O–H groups in total. The van der Waals surface area contributed by atoms with Crippen molar-refractivity contribution in [3.63, 3.8) is 0 Å². The number of hydrogen-bond acceptors (Lipinski definition) is 3. The molecule has 0 heterocycles. The maximum atomic E-state index is 9.18. The van der Waals surface area contributed by atoms with E-state index in [4.69, 9.17) is 5.73 Å². The van der Waals surface area contributed by atoms with Crippen LogP contribution in [0.2, 0.25) is 0 Å². The summed E-state index contributed by atoms with van der Waals surface area (Å²) in [5.41, 5.74) is 7.61. The van der Waals surface area contributed by atoms with Crippen molar-refractivity contribution in [3.05, 3.63) is 42.0 Å². The fourth-order valence-corrected chi connectivity index (χ4v) is 2.53. The number of hydrogen-bond donors (Lipinski definition) is 2. The summed E-state index contributed by atoms with van der Waals surface area (Å²) in [6.07, 6.45) is 1.03. The number of nitrogens with zero attached hydrogens (tertiary/aromatic N) is 1. The lowest BCUT2D eigenvalue weighted by Crippen LogP contribution is -2.30. The molecule has 0 aliphatic rings. The van der Waals surface area contributed by atoms with Crippen LogP contribution in [0.1, 0.15) is 25.8 Å². The first-order valence-electron chi connectivity index (χ1n) is 7.04. The van der Waals surface area contributed by atoms with Crippen molar-refractivity contribution in [2.75, 3.05) is 11.9 Å². The van der Waals surface area contributed by atoms with Gasteiger partial charge in [-0.3, -0.25) is 0 Å². The minimum Gasteiger partial charge on any atom is -0.381 e. The van der Waals surface area contributed by atoms with E-state index in [1.54, 1.807) is 0 Å². The summed E-state index contributed by atoms with van der Waals surface area (Å²) in [5, 5.41) is 14.8. The second kappa shape index (κ2) is 6.40. The van der Waals surface area contributed by atoms with Gasteiger partial charge in [-0.25, -0.2) is 0 Å². The first-order chi connectivity index (χ1) is 9.65. The van der Waals surface area contributed by atoms with Crippen LogP contribution < -0.4 is 11.1 Å². The highest BCUT2D eigenvalue weighted by molar-refractivity contribution is 5.97. The largest absolute Gasteiger partial charge is 0.381 e. The van der Waals surface area contributed by atoms with Gasteiger partial charge < -0.3 is 11.1 Å². The Morgan fingerprint density at radius 2 is 1.85 bits per heavy atom. The van der Waals surface area contributed by atoms with E-state index in [0.29, 0.717) is 18.0 Å². The number of fused-ring (bicyclic) bond motifs is 1. The molecular formula is C17H21N3. The molecule has 104 valence electrons. The molecule has 3 heteroatoms. The van der Waals surface area contributed by atoms with Crippen LogP contribution in [0.4, 0.5) is 5.69 Å². The molecule has 0 fully saturated rings. The monoisotopic (exact) mass is 267 g/mol. The number of nitrogens with two attached hydrogens (primary N) is 1. The molecular weight excluding hydrogens is 246 g/mol. The van der Waals surface area contributed by atoms with Crippen LogP contribution in [0.3, 0.4) is 0 Å². The van der Waals surface area contributed by atoms with Crippen LogP contribution in [0, 0.1) is 17.2 Å². The van der Waals surface area contributed by atoms with E-state index in [9.17, 15) is 5.26 Å². The highest BCUT2D eigenvalue weighted by atomic mass is 14.9. The van der Waals surface area contributed by atoms with Gasteiger partial charge in [-0.1, -0.05) is 38.1 Å². The fourth-order valence-electron chi connectivity index (χ4n) is 2.53. The van der Waals surface area contributed by atoms with Crippen LogP contribution in [0.5, 0.6) is 0 Å². The van der Waals surface area contributed by atoms with E-state index >= 15 is 0 Å². The Morgan fingerprint density at radius 1 is 1.15 bits per heavy atom. The predicted octanol–water partition coefficient (Wildman–Crippen LogP) is 3.50. The standard InChI is InChI=1S/C17H21N3/c1-12(2)9-14(11-19)20-17-8-7-13(10-18)15-5-3-4-6-16(15)17/h3-8,12,14,20H,9,11,19H2,1-2H3. The second-order valence-corrected chi connectivity index (χ2v) is 5.52. The van der Waals surface area contributed by atoms with Crippen molar-refractivity contribution in [2.24, 2.45) is 11.7 Å². The predicted molar refractivity (Wildman–Crippen MR) is 84.6 cm³/mol. The molecule has 2 aromatic rings. The Kier molecular flexibility index (Phi) is 4.60. The fraction of sp³-hybridized carbons (Fsp3) is 0.353. The number of benzene rings is 2. The molecule has 20 heavy (non-hydrogen) atoms. The molecule has 0 aliphatic heterocycles. The lowest BCUT2D eigenvalue weighted by Gasteiger charge is -2.21. The average Bonchev–Trinajstić information content (AvgIpc) is 2.46. The Bertz CT molecular complexity index is 626. The smallest absolute Gasteiger partial charge is 0.0998 e. The number of anilines is 1. The summed E-state index contributed by atoms with van der Waals surface area (Å²) < 4.78 is 0. The maximum Gasteiger partial charge on any atom is 0.0998 e. The van der Waals surface area contributed by atoms with Gasteiger partial charge in [0.2, 0.25) is 0 Å². The first kappa shape index (κ1) is 14.4. The molecule has 0 aromatic heterocycles. The third-order valence-corrected chi connectivity index (χ3v) is 3.44. The van der Waals surface area contributed by atoms with E-state index in [2.05, 4.69) is 25.2 Å². The van der Waals surface area contributed by atoms with Gasteiger partial charge >= 0.3 is 0 Å². The van der Waals surface area contributed by atoms with E-state index in [1.807, 2.05) is 36.4 Å². The summed E-state index contributed by atoms with van der Waals surface area (Å²) in [6, 6.07) is 14.3. The van der Waals surface area contributed by atoms with E-state index < -0.39 is 0 Å². The molecule has 0 radical (unpaired) electrons. The molecule has 0 spiro atoms. The zero-order valence-electron chi connectivity index (χ0n) is 12.1. The number of nitrogens with one attached hydrogen (secondary N) is 1. The molecule has 0 saturated carbocycles. The number of rotatable bonds is 5. The van der Waals surface area contributed by atoms with E-state index in [1.165, 1.54) is 0 Å². The molecule has 2 rings (SSSR count). The van der Waals surface area contributed by atoms with Gasteiger partial charge in [-0.15, -0.1) is 0 Å². The van der Waals surface area contributed by atoms with Crippen molar-refractivity contribution >= 4 is 16.5 Å². The molecule has 0 saturated heterocycles. The summed E-state index contributed by atoms with van der Waals surface area (Å²) >= 11 is 0. The second-order valence-electron chi connectivity index (χ2n) is 5.52. The third kappa shape index (κ3) is 3.09. The summed E-state index contributed by atoms with van der Waals surface area (Å²) in [6.45, 7) is 5.00. The zero-order valence-corrected chi connectivity index (χ0v) is 12.1. The van der Waals surface area contributed by atoms with Crippen LogP contribution in [-0.2, 0) is 0 Å². The Labute approximate surface area is 120 Å². The van der Waals surface area contributed by atoms with Crippen LogP contribution in [-0.4, -0.2) is 12.6 Å².